The highest BCUT2D eigenvalue weighted by Crippen LogP contribution is 2.33. The molecule has 7 nitrogen and oxygen atoms in total. The summed E-state index contributed by atoms with van der Waals surface area (Å²) in [6.07, 6.45) is -2.11. The summed E-state index contributed by atoms with van der Waals surface area (Å²) in [4.78, 5) is 19.9. The van der Waals surface area contributed by atoms with Crippen LogP contribution in [0.25, 0.3) is 11.0 Å². The Morgan fingerprint density at radius 2 is 1.88 bits per heavy atom. The number of carbonyl (C=O) groups excluding carboxylic acids is 1. The van der Waals surface area contributed by atoms with E-state index in [1.54, 1.807) is 36.4 Å². The van der Waals surface area contributed by atoms with Gasteiger partial charge in [-0.05, 0) is 80.0 Å². The number of anilines is 2. The van der Waals surface area contributed by atoms with Gasteiger partial charge in [-0.3, -0.25) is 4.79 Å². The predicted molar refractivity (Wildman–Crippen MR) is 150 cm³/mol. The van der Waals surface area contributed by atoms with Crippen molar-refractivity contribution in [1.29, 1.82) is 0 Å². The summed E-state index contributed by atoms with van der Waals surface area (Å²) in [6.45, 7) is 3.75. The van der Waals surface area contributed by atoms with E-state index in [1.807, 2.05) is 10.6 Å². The maximum atomic E-state index is 13.3. The average Bonchev–Trinajstić information content (AvgIpc) is 3.56. The lowest BCUT2D eigenvalue weighted by Crippen LogP contribution is -2.33. The molecule has 1 amide bonds. The van der Waals surface area contributed by atoms with Gasteiger partial charge in [-0.2, -0.15) is 13.2 Å². The minimum atomic E-state index is -4.48. The molecule has 0 bridgehead atoms. The van der Waals surface area contributed by atoms with Crippen LogP contribution in [-0.4, -0.2) is 53.6 Å². The highest BCUT2D eigenvalue weighted by atomic mass is 35.5. The average molecular weight is 572 g/mol. The zero-order valence-electron chi connectivity index (χ0n) is 21.9. The van der Waals surface area contributed by atoms with Crippen molar-refractivity contribution in [1.82, 2.24) is 19.8 Å². The monoisotopic (exact) mass is 571 g/mol. The molecule has 1 fully saturated rings. The SMILES string of the molecule is COc1ccc(Cn2c(Nc3cccc(C(F)(F)F)c3)nc3ccc(C(=O)NCCN4CCCC4)cc32)cc1Cl. The normalized spacial score (nSPS) is 14.0. The molecule has 4 aromatic rings. The van der Waals surface area contributed by atoms with Gasteiger partial charge in [0, 0.05) is 24.3 Å². The fourth-order valence-corrected chi connectivity index (χ4v) is 5.13. The quantitative estimate of drug-likeness (QED) is 0.245. The Hall–Kier alpha value is -3.76. The Bertz CT molecular complexity index is 1520. The Labute approximate surface area is 234 Å². The molecule has 1 aliphatic rings. The van der Waals surface area contributed by atoms with Gasteiger partial charge in [-0.25, -0.2) is 4.98 Å². The maximum Gasteiger partial charge on any atom is 0.416 e. The summed E-state index contributed by atoms with van der Waals surface area (Å²) in [5.74, 6) is 0.651. The van der Waals surface area contributed by atoms with Gasteiger partial charge in [-0.1, -0.05) is 23.7 Å². The fourth-order valence-electron chi connectivity index (χ4n) is 4.85. The first-order chi connectivity index (χ1) is 19.2. The van der Waals surface area contributed by atoms with E-state index in [0.29, 0.717) is 46.4 Å². The number of fused-ring (bicyclic) bond motifs is 1. The number of nitrogens with zero attached hydrogens (tertiary/aromatic N) is 3. The van der Waals surface area contributed by atoms with E-state index in [4.69, 9.17) is 16.3 Å². The van der Waals surface area contributed by atoms with E-state index in [2.05, 4.69) is 20.5 Å². The van der Waals surface area contributed by atoms with Crippen molar-refractivity contribution in [3.05, 3.63) is 82.4 Å². The van der Waals surface area contributed by atoms with E-state index in [9.17, 15) is 18.0 Å². The molecule has 0 unspecified atom stereocenters. The number of hydrogen-bond acceptors (Lipinski definition) is 5. The third-order valence-electron chi connectivity index (χ3n) is 6.93. The Balaban J connectivity index is 1.47. The van der Waals surface area contributed by atoms with Crippen LogP contribution in [-0.2, 0) is 12.7 Å². The van der Waals surface area contributed by atoms with Gasteiger partial charge >= 0.3 is 6.18 Å². The van der Waals surface area contributed by atoms with Gasteiger partial charge < -0.3 is 24.8 Å². The molecule has 1 saturated heterocycles. The molecule has 1 aromatic heterocycles. The summed E-state index contributed by atoms with van der Waals surface area (Å²) >= 11 is 6.35. The van der Waals surface area contributed by atoms with E-state index in [0.717, 1.165) is 37.3 Å². The fraction of sp³-hybridized carbons (Fsp3) is 0.310. The van der Waals surface area contributed by atoms with Crippen LogP contribution in [0.3, 0.4) is 0 Å². The molecule has 3 aromatic carbocycles. The molecule has 0 spiro atoms. The van der Waals surface area contributed by atoms with Crippen LogP contribution < -0.4 is 15.4 Å². The molecule has 0 atom stereocenters. The third kappa shape index (κ3) is 6.34. The smallest absolute Gasteiger partial charge is 0.416 e. The van der Waals surface area contributed by atoms with Crippen molar-refractivity contribution >= 4 is 40.2 Å². The molecule has 210 valence electrons. The molecule has 1 aliphatic heterocycles. The van der Waals surface area contributed by atoms with E-state index in [1.165, 1.54) is 26.0 Å². The zero-order valence-corrected chi connectivity index (χ0v) is 22.6. The molecule has 0 radical (unpaired) electrons. The van der Waals surface area contributed by atoms with Crippen LogP contribution in [0.4, 0.5) is 24.8 Å². The molecule has 0 saturated carbocycles. The first-order valence-corrected chi connectivity index (χ1v) is 13.4. The second-order valence-electron chi connectivity index (χ2n) is 9.70. The molecular formula is C29H29ClF3N5O2. The highest BCUT2D eigenvalue weighted by Gasteiger charge is 2.30. The van der Waals surface area contributed by atoms with Gasteiger partial charge in [0.2, 0.25) is 5.95 Å². The molecule has 40 heavy (non-hydrogen) atoms. The summed E-state index contributed by atoms with van der Waals surface area (Å²) < 4.78 is 47.0. The number of halogens is 4. The highest BCUT2D eigenvalue weighted by molar-refractivity contribution is 6.32. The van der Waals surface area contributed by atoms with E-state index in [-0.39, 0.29) is 11.6 Å². The van der Waals surface area contributed by atoms with Crippen LogP contribution in [0.5, 0.6) is 5.75 Å². The van der Waals surface area contributed by atoms with Crippen LogP contribution in [0.1, 0.15) is 34.3 Å². The number of methoxy groups -OCH3 is 1. The molecular weight excluding hydrogens is 543 g/mol. The number of likely N-dealkylation sites (tertiary alicyclic amines) is 1. The lowest BCUT2D eigenvalue weighted by Gasteiger charge is -2.15. The van der Waals surface area contributed by atoms with Crippen molar-refractivity contribution in [2.45, 2.75) is 25.6 Å². The Morgan fingerprint density at radius 1 is 1.07 bits per heavy atom. The Morgan fingerprint density at radius 3 is 2.60 bits per heavy atom. The number of rotatable bonds is 9. The standard InChI is InChI=1S/C29H29ClF3N5O2/c1-40-26-10-7-19(15-23(26)30)18-38-25-16-20(27(39)34-11-14-37-12-2-3-13-37)8-9-24(25)36-28(38)35-22-6-4-5-21(17-22)29(31,32)33/h4-10,15-17H,2-3,11-14,18H2,1H3,(H,34,39)(H,35,36). The minimum absolute atomic E-state index is 0.200. The number of hydrogen-bond donors (Lipinski definition) is 2. The van der Waals surface area contributed by atoms with Gasteiger partial charge in [0.25, 0.3) is 5.91 Å². The van der Waals surface area contributed by atoms with E-state index < -0.39 is 11.7 Å². The topological polar surface area (TPSA) is 71.4 Å². The number of aromatic nitrogens is 2. The first kappa shape index (κ1) is 27.8. The lowest BCUT2D eigenvalue weighted by atomic mass is 10.1. The van der Waals surface area contributed by atoms with Crippen molar-refractivity contribution in [2.24, 2.45) is 0 Å². The zero-order chi connectivity index (χ0) is 28.3. The van der Waals surface area contributed by atoms with E-state index >= 15 is 0 Å². The van der Waals surface area contributed by atoms with Crippen LogP contribution in [0.15, 0.2) is 60.7 Å². The lowest BCUT2D eigenvalue weighted by molar-refractivity contribution is -0.137. The Kier molecular flexibility index (Phi) is 8.18. The number of carbonyl (C=O) groups is 1. The van der Waals surface area contributed by atoms with Crippen molar-refractivity contribution < 1.29 is 22.7 Å². The number of imidazole rings is 1. The molecule has 5 rings (SSSR count). The van der Waals surface area contributed by atoms with Crippen molar-refractivity contribution in [2.75, 3.05) is 38.6 Å². The number of benzene rings is 3. The van der Waals surface area contributed by atoms with Crippen LogP contribution in [0.2, 0.25) is 5.02 Å². The second-order valence-corrected chi connectivity index (χ2v) is 10.1. The molecule has 2 heterocycles. The van der Waals surface area contributed by atoms with Gasteiger partial charge in [0.15, 0.2) is 0 Å². The molecule has 0 aliphatic carbocycles. The number of amides is 1. The first-order valence-electron chi connectivity index (χ1n) is 13.0. The van der Waals surface area contributed by atoms with Crippen LogP contribution >= 0.6 is 11.6 Å². The summed E-state index contributed by atoms with van der Waals surface area (Å²) in [6, 6.07) is 15.5. The summed E-state index contributed by atoms with van der Waals surface area (Å²) in [5.41, 5.74) is 1.98. The molecule has 2 N–H and O–H groups in total. The number of alkyl halides is 3. The number of ether oxygens (including phenoxy) is 1. The molecule has 11 heteroatoms. The van der Waals surface area contributed by atoms with Crippen molar-refractivity contribution in [3.63, 3.8) is 0 Å². The second kappa shape index (κ2) is 11.8. The van der Waals surface area contributed by atoms with Gasteiger partial charge in [0.05, 0.1) is 35.3 Å². The van der Waals surface area contributed by atoms with Gasteiger partial charge in [0.1, 0.15) is 5.75 Å². The number of nitrogens with one attached hydrogen (secondary N) is 2. The summed E-state index contributed by atoms with van der Waals surface area (Å²) in [5, 5.41) is 6.44. The van der Waals surface area contributed by atoms with Crippen molar-refractivity contribution in [3.8, 4) is 5.75 Å². The van der Waals surface area contributed by atoms with Crippen LogP contribution in [0, 0.1) is 0 Å². The van der Waals surface area contributed by atoms with Gasteiger partial charge in [-0.15, -0.1) is 0 Å². The third-order valence-corrected chi connectivity index (χ3v) is 7.22. The minimum Gasteiger partial charge on any atom is -0.495 e. The largest absolute Gasteiger partial charge is 0.495 e. The summed E-state index contributed by atoms with van der Waals surface area (Å²) in [7, 11) is 1.53. The maximum absolute atomic E-state index is 13.3. The predicted octanol–water partition coefficient (Wildman–Crippen LogP) is 6.33.